The van der Waals surface area contributed by atoms with E-state index in [1.807, 2.05) is 0 Å². The van der Waals surface area contributed by atoms with Gasteiger partial charge >= 0.3 is 0 Å². The van der Waals surface area contributed by atoms with Crippen LogP contribution in [0.3, 0.4) is 0 Å². The topological polar surface area (TPSA) is 17.1 Å². The van der Waals surface area contributed by atoms with Gasteiger partial charge in [-0.2, -0.15) is 0 Å². The smallest absolute Gasteiger partial charge is 0.235 e. The highest BCUT2D eigenvalue weighted by molar-refractivity contribution is 9.10. The molecule has 0 saturated heterocycles. The van der Waals surface area contributed by atoms with Crippen molar-refractivity contribution in [2.75, 3.05) is 0 Å². The Balaban J connectivity index is 3.14. The molecule has 12 heavy (non-hydrogen) atoms. The van der Waals surface area contributed by atoms with Crippen molar-refractivity contribution < 1.29 is 4.79 Å². The van der Waals surface area contributed by atoms with Crippen molar-refractivity contribution in [3.8, 4) is 0 Å². The zero-order chi connectivity index (χ0) is 9.40. The number of rotatable bonds is 7. The molecule has 1 atom stereocenters. The summed E-state index contributed by atoms with van der Waals surface area (Å²) in [5.74, 6) is 0. The van der Waals surface area contributed by atoms with Gasteiger partial charge in [0.15, 0.2) is 0 Å². The maximum atomic E-state index is 10.6. The molecule has 72 valence electrons. The predicted octanol–water partition coefficient (Wildman–Crippen LogP) is 3.88. The molecule has 0 aliphatic heterocycles. The lowest BCUT2D eigenvalue weighted by Gasteiger charge is -2.03. The fourth-order valence-corrected chi connectivity index (χ4v) is 1.47. The van der Waals surface area contributed by atoms with E-state index in [9.17, 15) is 4.79 Å². The van der Waals surface area contributed by atoms with Crippen LogP contribution in [-0.4, -0.2) is 10.1 Å². The Morgan fingerprint density at radius 1 is 1.33 bits per heavy atom. The van der Waals surface area contributed by atoms with Gasteiger partial charge in [0.25, 0.3) is 0 Å². The van der Waals surface area contributed by atoms with Crippen LogP contribution in [0.1, 0.15) is 45.4 Å². The Labute approximate surface area is 88.0 Å². The van der Waals surface area contributed by atoms with Crippen molar-refractivity contribution in [3.63, 3.8) is 0 Å². The number of halogens is 2. The first-order valence-electron chi connectivity index (χ1n) is 4.52. The molecule has 0 heterocycles. The Hall–Kier alpha value is 0.440. The molecule has 0 N–H and O–H groups in total. The summed E-state index contributed by atoms with van der Waals surface area (Å²) < 4.78 is 0. The lowest BCUT2D eigenvalue weighted by molar-refractivity contribution is -0.111. The second-order valence-corrected chi connectivity index (χ2v) is 4.45. The molecule has 0 rings (SSSR count). The minimum atomic E-state index is -0.273. The molecule has 0 unspecified atom stereocenters. The molecule has 1 nitrogen and oxygen atoms in total. The van der Waals surface area contributed by atoms with Crippen LogP contribution < -0.4 is 0 Å². The van der Waals surface area contributed by atoms with Crippen LogP contribution in [0.4, 0.5) is 0 Å². The van der Waals surface area contributed by atoms with Gasteiger partial charge in [-0.15, -0.1) is 0 Å². The standard InChI is InChI=1S/C9H16BrClO/c1-2-3-4-5-6-7-8(10)9(11)12/h8H,2-7H2,1H3/t8-/m1/s1. The predicted molar refractivity (Wildman–Crippen MR) is 57.0 cm³/mol. The van der Waals surface area contributed by atoms with Crippen LogP contribution in [0, 0.1) is 0 Å². The third-order valence-corrected chi connectivity index (χ3v) is 3.21. The summed E-state index contributed by atoms with van der Waals surface area (Å²) in [7, 11) is 0. The molecule has 0 spiro atoms. The van der Waals surface area contributed by atoms with Crippen LogP contribution in [0.25, 0.3) is 0 Å². The van der Waals surface area contributed by atoms with E-state index in [-0.39, 0.29) is 10.1 Å². The highest BCUT2D eigenvalue weighted by Crippen LogP contribution is 2.14. The van der Waals surface area contributed by atoms with Gasteiger partial charge in [-0.25, -0.2) is 0 Å². The second kappa shape index (κ2) is 8.06. The number of hydrogen-bond donors (Lipinski definition) is 0. The lowest BCUT2D eigenvalue weighted by atomic mass is 10.1. The van der Waals surface area contributed by atoms with Crippen molar-refractivity contribution in [2.24, 2.45) is 0 Å². The molecule has 0 aromatic heterocycles. The molecule has 3 heteroatoms. The van der Waals surface area contributed by atoms with Gasteiger partial charge in [-0.05, 0) is 18.0 Å². The highest BCUT2D eigenvalue weighted by Gasteiger charge is 2.10. The summed E-state index contributed by atoms with van der Waals surface area (Å²) in [6.07, 6.45) is 6.99. The van der Waals surface area contributed by atoms with Gasteiger partial charge in [0.1, 0.15) is 0 Å². The van der Waals surface area contributed by atoms with E-state index in [2.05, 4.69) is 22.9 Å². The fraction of sp³-hybridized carbons (Fsp3) is 0.889. The molecule has 0 aliphatic carbocycles. The van der Waals surface area contributed by atoms with Gasteiger partial charge in [-0.1, -0.05) is 55.0 Å². The van der Waals surface area contributed by atoms with Crippen LogP contribution >= 0.6 is 27.5 Å². The average Bonchev–Trinajstić information content (AvgIpc) is 2.03. The monoisotopic (exact) mass is 254 g/mol. The summed E-state index contributed by atoms with van der Waals surface area (Å²) in [4.78, 5) is 10.4. The molecule has 0 saturated carbocycles. The summed E-state index contributed by atoms with van der Waals surface area (Å²) in [6.45, 7) is 2.19. The molecule has 0 aromatic rings. The van der Waals surface area contributed by atoms with E-state index in [1.54, 1.807) is 0 Å². The van der Waals surface area contributed by atoms with Gasteiger partial charge < -0.3 is 0 Å². The molecule has 0 bridgehead atoms. The maximum absolute atomic E-state index is 10.6. The SMILES string of the molecule is CCCCCCC[C@@H](Br)C(=O)Cl. The molecule has 0 aliphatic rings. The van der Waals surface area contributed by atoms with Crippen LogP contribution in [0.5, 0.6) is 0 Å². The summed E-state index contributed by atoms with van der Waals surface area (Å²) in [5.41, 5.74) is 0. The minimum Gasteiger partial charge on any atom is -0.280 e. The van der Waals surface area contributed by atoms with Crippen LogP contribution in [0.2, 0.25) is 0 Å². The van der Waals surface area contributed by atoms with E-state index in [0.717, 1.165) is 12.8 Å². The number of hydrogen-bond acceptors (Lipinski definition) is 1. The number of carbonyl (C=O) groups excluding carboxylic acids is 1. The molecule has 0 radical (unpaired) electrons. The summed E-state index contributed by atoms with van der Waals surface area (Å²) >= 11 is 8.51. The van der Waals surface area contributed by atoms with Crippen LogP contribution in [0.15, 0.2) is 0 Å². The first-order chi connectivity index (χ1) is 5.68. The zero-order valence-electron chi connectivity index (χ0n) is 7.48. The third kappa shape index (κ3) is 7.11. The molecule has 0 aromatic carbocycles. The molecule has 0 fully saturated rings. The Morgan fingerprint density at radius 3 is 2.42 bits per heavy atom. The number of unbranched alkanes of at least 4 members (excludes halogenated alkanes) is 4. The van der Waals surface area contributed by atoms with E-state index >= 15 is 0 Å². The first-order valence-corrected chi connectivity index (χ1v) is 5.81. The van der Waals surface area contributed by atoms with Crippen LogP contribution in [-0.2, 0) is 4.79 Å². The normalized spacial score (nSPS) is 12.9. The van der Waals surface area contributed by atoms with Crippen molar-refractivity contribution in [1.82, 2.24) is 0 Å². The Bertz CT molecular complexity index is 128. The highest BCUT2D eigenvalue weighted by atomic mass is 79.9. The van der Waals surface area contributed by atoms with Gasteiger partial charge in [0, 0.05) is 0 Å². The molecular weight excluding hydrogens is 239 g/mol. The minimum absolute atomic E-state index is 0.138. The van der Waals surface area contributed by atoms with Gasteiger partial charge in [0.05, 0.1) is 4.83 Å². The number of carbonyl (C=O) groups is 1. The van der Waals surface area contributed by atoms with Crippen molar-refractivity contribution in [1.29, 1.82) is 0 Å². The van der Waals surface area contributed by atoms with E-state index < -0.39 is 0 Å². The quantitative estimate of drug-likeness (QED) is 0.383. The average molecular weight is 256 g/mol. The second-order valence-electron chi connectivity index (χ2n) is 2.97. The summed E-state index contributed by atoms with van der Waals surface area (Å²) in [6, 6.07) is 0. The largest absolute Gasteiger partial charge is 0.280 e. The zero-order valence-corrected chi connectivity index (χ0v) is 9.83. The van der Waals surface area contributed by atoms with E-state index in [0.29, 0.717) is 0 Å². The van der Waals surface area contributed by atoms with Crippen molar-refractivity contribution >= 4 is 32.8 Å². The van der Waals surface area contributed by atoms with E-state index in [1.165, 1.54) is 25.7 Å². The Morgan fingerprint density at radius 2 is 1.92 bits per heavy atom. The molecular formula is C9H16BrClO. The fourth-order valence-electron chi connectivity index (χ4n) is 1.04. The third-order valence-electron chi connectivity index (χ3n) is 1.81. The first kappa shape index (κ1) is 12.4. The van der Waals surface area contributed by atoms with Crippen molar-refractivity contribution in [3.05, 3.63) is 0 Å². The van der Waals surface area contributed by atoms with Crippen molar-refractivity contribution in [2.45, 2.75) is 50.3 Å². The maximum Gasteiger partial charge on any atom is 0.235 e. The van der Waals surface area contributed by atoms with Gasteiger partial charge in [-0.3, -0.25) is 4.79 Å². The van der Waals surface area contributed by atoms with Gasteiger partial charge in [0.2, 0.25) is 5.24 Å². The Kier molecular flexibility index (Phi) is 8.35. The summed E-state index contributed by atoms with van der Waals surface area (Å²) in [5, 5.41) is -0.273. The molecule has 0 amide bonds. The lowest BCUT2D eigenvalue weighted by Crippen LogP contribution is -2.06. The van der Waals surface area contributed by atoms with E-state index in [4.69, 9.17) is 11.6 Å². The number of alkyl halides is 1.